The summed E-state index contributed by atoms with van der Waals surface area (Å²) in [6.07, 6.45) is 2.34. The smallest absolute Gasteiger partial charge is 0.394 e. The number of carboxylic acids is 3. The monoisotopic (exact) mass is 745 g/mol. The molecule has 0 radical (unpaired) electrons. The van der Waals surface area contributed by atoms with Gasteiger partial charge in [-0.25, -0.2) is 4.79 Å². The zero-order chi connectivity index (χ0) is 39.4. The van der Waals surface area contributed by atoms with Crippen LogP contribution in [0, 0.1) is 0 Å². The summed E-state index contributed by atoms with van der Waals surface area (Å²) in [5, 5.41) is 40.1. The molecule has 1 aliphatic rings. The van der Waals surface area contributed by atoms with Crippen LogP contribution in [0.3, 0.4) is 0 Å². The number of benzene rings is 3. The highest BCUT2D eigenvalue weighted by Crippen LogP contribution is 2.29. The maximum Gasteiger partial charge on any atom is 0.394 e. The molecule has 4 rings (SSSR count). The Morgan fingerprint density at radius 1 is 0.741 bits per heavy atom. The maximum atomic E-state index is 14.0. The number of primary amides is 1. The van der Waals surface area contributed by atoms with Crippen molar-refractivity contribution >= 4 is 58.2 Å². The van der Waals surface area contributed by atoms with Gasteiger partial charge in [0.15, 0.2) is 5.92 Å². The number of carbonyl (C=O) groups is 8. The third kappa shape index (κ3) is 10.6. The van der Waals surface area contributed by atoms with Crippen LogP contribution in [-0.4, -0.2) is 86.9 Å². The van der Waals surface area contributed by atoms with Crippen molar-refractivity contribution in [2.24, 2.45) is 5.73 Å². The molecule has 1 saturated carbocycles. The van der Waals surface area contributed by atoms with E-state index in [1.165, 1.54) is 24.3 Å². The van der Waals surface area contributed by atoms with E-state index in [4.69, 9.17) is 5.73 Å². The topological polar surface area (TPSA) is 271 Å². The molecule has 5 amide bonds. The molecule has 2 atom stereocenters. The van der Waals surface area contributed by atoms with Gasteiger partial charge in [0.1, 0.15) is 17.6 Å². The lowest BCUT2D eigenvalue weighted by molar-refractivity contribution is -0.151. The van der Waals surface area contributed by atoms with Crippen molar-refractivity contribution in [2.75, 3.05) is 6.54 Å². The van der Waals surface area contributed by atoms with E-state index in [0.29, 0.717) is 31.2 Å². The molecule has 1 aliphatic carbocycles. The van der Waals surface area contributed by atoms with Gasteiger partial charge in [-0.2, -0.15) is 0 Å². The molecule has 0 heterocycles. The Bertz CT molecular complexity index is 1890. The second-order valence-electron chi connectivity index (χ2n) is 13.2. The highest BCUT2D eigenvalue weighted by molar-refractivity contribution is 6.32. The standard InChI is InChI=1S/C38H43N5O11/c39-29(44)21-28(31(45)40-19-7-11-24-10-6-9-23-8-2-3-12-26(23)24)42-37(54)38(17-4-1-5-18-38)43-32(46)27(41-33(47)36(52)53)20-22-13-15-25(16-14-22)30(34(48)49)35(50)51/h2-3,6,8-10,12-16,27-28,30H,1,4-5,7,11,17-21H2,(H2,39,44)(H,40,45)(H,41,47)(H,42,54)(H,43,46)(H,48,49)(H,50,51)(H,52,53)/t27-,28+/m1/s1. The number of nitrogens with one attached hydrogen (secondary N) is 4. The Hall–Kier alpha value is -6.32. The highest BCUT2D eigenvalue weighted by atomic mass is 16.4. The van der Waals surface area contributed by atoms with Gasteiger partial charge in [-0.05, 0) is 53.1 Å². The number of amides is 5. The molecule has 3 aromatic carbocycles. The number of hydrogen-bond donors (Lipinski definition) is 8. The highest BCUT2D eigenvalue weighted by Gasteiger charge is 2.44. The van der Waals surface area contributed by atoms with Gasteiger partial charge in [-0.15, -0.1) is 0 Å². The molecule has 0 saturated heterocycles. The van der Waals surface area contributed by atoms with E-state index in [9.17, 15) is 53.7 Å². The first-order valence-electron chi connectivity index (χ1n) is 17.4. The summed E-state index contributed by atoms with van der Waals surface area (Å²) in [4.78, 5) is 99.6. The van der Waals surface area contributed by atoms with Crippen molar-refractivity contribution in [3.63, 3.8) is 0 Å². The van der Waals surface area contributed by atoms with Crippen LogP contribution in [0.1, 0.15) is 67.6 Å². The number of aliphatic carboxylic acids is 3. The summed E-state index contributed by atoms with van der Waals surface area (Å²) >= 11 is 0. The van der Waals surface area contributed by atoms with Crippen LogP contribution in [0.2, 0.25) is 0 Å². The van der Waals surface area contributed by atoms with Crippen LogP contribution < -0.4 is 27.0 Å². The molecule has 16 nitrogen and oxygen atoms in total. The van der Waals surface area contributed by atoms with Crippen LogP contribution in [0.25, 0.3) is 10.8 Å². The summed E-state index contributed by atoms with van der Waals surface area (Å²) in [7, 11) is 0. The van der Waals surface area contributed by atoms with Crippen LogP contribution in [0.4, 0.5) is 0 Å². The fourth-order valence-corrected chi connectivity index (χ4v) is 6.62. The molecule has 9 N–H and O–H groups in total. The average molecular weight is 746 g/mol. The van der Waals surface area contributed by atoms with Crippen molar-refractivity contribution in [3.8, 4) is 0 Å². The predicted octanol–water partition coefficient (Wildman–Crippen LogP) is 1.13. The Morgan fingerprint density at radius 3 is 2.02 bits per heavy atom. The average Bonchev–Trinajstić information content (AvgIpc) is 3.13. The molecule has 0 unspecified atom stereocenters. The Kier molecular flexibility index (Phi) is 13.8. The van der Waals surface area contributed by atoms with Crippen molar-refractivity contribution in [2.45, 2.75) is 81.3 Å². The number of carboxylic acid groups (broad SMARTS) is 3. The van der Waals surface area contributed by atoms with Gasteiger partial charge in [0.25, 0.3) is 0 Å². The van der Waals surface area contributed by atoms with E-state index in [2.05, 4.69) is 21.3 Å². The van der Waals surface area contributed by atoms with Gasteiger partial charge >= 0.3 is 23.8 Å². The third-order valence-electron chi connectivity index (χ3n) is 9.40. The SMILES string of the molecule is NC(=O)C[C@H](NC(=O)C1(NC(=O)[C@@H](Cc2ccc(C(C(=O)O)C(=O)O)cc2)NC(=O)C(=O)O)CCCCC1)C(=O)NCCCc1cccc2ccccc12. The Morgan fingerprint density at radius 2 is 1.39 bits per heavy atom. The lowest BCUT2D eigenvalue weighted by Gasteiger charge is -2.38. The zero-order valence-corrected chi connectivity index (χ0v) is 29.3. The minimum Gasteiger partial charge on any atom is -0.480 e. The normalized spacial score (nSPS) is 14.6. The van der Waals surface area contributed by atoms with Crippen LogP contribution >= 0.6 is 0 Å². The van der Waals surface area contributed by atoms with Gasteiger partial charge in [-0.1, -0.05) is 86.0 Å². The number of nitrogens with two attached hydrogens (primary N) is 1. The minimum absolute atomic E-state index is 0.0634. The van der Waals surface area contributed by atoms with Gasteiger partial charge in [0.05, 0.1) is 6.42 Å². The minimum atomic E-state index is -1.88. The zero-order valence-electron chi connectivity index (χ0n) is 29.3. The van der Waals surface area contributed by atoms with E-state index in [-0.39, 0.29) is 31.4 Å². The lowest BCUT2D eigenvalue weighted by Crippen LogP contribution is -2.65. The van der Waals surface area contributed by atoms with Crippen LogP contribution in [0.15, 0.2) is 66.7 Å². The van der Waals surface area contributed by atoms with Crippen LogP contribution in [0.5, 0.6) is 0 Å². The van der Waals surface area contributed by atoms with E-state index < -0.39 is 77.4 Å². The van der Waals surface area contributed by atoms with E-state index >= 15 is 0 Å². The van der Waals surface area contributed by atoms with E-state index in [1.54, 1.807) is 0 Å². The molecule has 286 valence electrons. The molecule has 54 heavy (non-hydrogen) atoms. The molecule has 1 fully saturated rings. The van der Waals surface area contributed by atoms with Crippen molar-refractivity contribution in [1.29, 1.82) is 0 Å². The fraction of sp³-hybridized carbons (Fsp3) is 0.368. The van der Waals surface area contributed by atoms with Crippen LogP contribution in [-0.2, 0) is 51.2 Å². The Balaban J connectivity index is 1.48. The van der Waals surface area contributed by atoms with Gasteiger partial charge in [0, 0.05) is 13.0 Å². The van der Waals surface area contributed by atoms with Gasteiger partial charge in [-0.3, -0.25) is 33.6 Å². The van der Waals surface area contributed by atoms with Crippen molar-refractivity contribution < 1.29 is 53.7 Å². The number of fused-ring (bicyclic) bond motifs is 1. The quantitative estimate of drug-likeness (QED) is 0.0551. The second-order valence-corrected chi connectivity index (χ2v) is 13.2. The first kappa shape index (κ1) is 40.5. The third-order valence-corrected chi connectivity index (χ3v) is 9.40. The maximum absolute atomic E-state index is 14.0. The first-order chi connectivity index (χ1) is 25.7. The number of carbonyl (C=O) groups excluding carboxylic acids is 5. The molecule has 0 bridgehead atoms. The summed E-state index contributed by atoms with van der Waals surface area (Å²) in [6.45, 7) is 0.230. The molecular weight excluding hydrogens is 702 g/mol. The fourth-order valence-electron chi connectivity index (χ4n) is 6.62. The molecule has 0 aliphatic heterocycles. The molecule has 16 heteroatoms. The molecule has 3 aromatic rings. The molecule has 0 aromatic heterocycles. The summed E-state index contributed by atoms with van der Waals surface area (Å²) in [5.74, 6) is -11.6. The number of aryl methyl sites for hydroxylation is 1. The lowest BCUT2D eigenvalue weighted by atomic mass is 9.80. The largest absolute Gasteiger partial charge is 0.480 e. The van der Waals surface area contributed by atoms with Gasteiger partial charge in [0.2, 0.25) is 23.6 Å². The van der Waals surface area contributed by atoms with E-state index in [1.807, 2.05) is 42.5 Å². The van der Waals surface area contributed by atoms with Crippen molar-refractivity contribution in [1.82, 2.24) is 21.3 Å². The van der Waals surface area contributed by atoms with Crippen molar-refractivity contribution in [3.05, 3.63) is 83.4 Å². The van der Waals surface area contributed by atoms with E-state index in [0.717, 1.165) is 22.8 Å². The summed E-state index contributed by atoms with van der Waals surface area (Å²) < 4.78 is 0. The number of rotatable bonds is 17. The number of hydrogen-bond acceptors (Lipinski definition) is 8. The molecule has 0 spiro atoms. The molecular formula is C38H43N5O11. The van der Waals surface area contributed by atoms with Gasteiger partial charge < -0.3 is 42.3 Å². The Labute approximate surface area is 309 Å². The summed E-state index contributed by atoms with van der Waals surface area (Å²) in [6, 6.07) is 16.1. The second kappa shape index (κ2) is 18.4. The first-order valence-corrected chi connectivity index (χ1v) is 17.4. The predicted molar refractivity (Wildman–Crippen MR) is 193 cm³/mol. The summed E-state index contributed by atoms with van der Waals surface area (Å²) in [5.41, 5.74) is 5.17.